The highest BCUT2D eigenvalue weighted by Crippen LogP contribution is 2.36. The number of hydrogen-bond donors (Lipinski definition) is 1. The molecule has 0 saturated heterocycles. The summed E-state index contributed by atoms with van der Waals surface area (Å²) in [6.07, 6.45) is 0. The molecule has 0 saturated carbocycles. The van der Waals surface area contributed by atoms with Gasteiger partial charge in [0.25, 0.3) is 0 Å². The van der Waals surface area contributed by atoms with Crippen LogP contribution in [0.25, 0.3) is 0 Å². The Morgan fingerprint density at radius 2 is 2.04 bits per heavy atom. The van der Waals surface area contributed by atoms with E-state index in [1.807, 2.05) is 43.2 Å². The highest BCUT2D eigenvalue weighted by Gasteiger charge is 2.36. The number of allylic oxidation sites excluding steroid dienone is 1. The molecule has 1 aromatic carbocycles. The summed E-state index contributed by atoms with van der Waals surface area (Å²) in [6.45, 7) is 5.99. The van der Waals surface area contributed by atoms with E-state index in [0.717, 1.165) is 27.4 Å². The zero-order valence-corrected chi connectivity index (χ0v) is 16.3. The van der Waals surface area contributed by atoms with E-state index in [2.05, 4.69) is 23.5 Å². The second-order valence-electron chi connectivity index (χ2n) is 6.01. The van der Waals surface area contributed by atoms with Gasteiger partial charge >= 0.3 is 5.97 Å². The summed E-state index contributed by atoms with van der Waals surface area (Å²) in [6, 6.07) is 9.87. The summed E-state index contributed by atoms with van der Waals surface area (Å²) < 4.78 is 5.06. The Balaban J connectivity index is 2.18. The lowest BCUT2D eigenvalue weighted by Gasteiger charge is -2.37. The Hall–Kier alpha value is -2.18. The van der Waals surface area contributed by atoms with Gasteiger partial charge in [0.05, 0.1) is 24.4 Å². The molecule has 6 heteroatoms. The van der Waals surface area contributed by atoms with Crippen LogP contribution in [-0.4, -0.2) is 18.2 Å². The van der Waals surface area contributed by atoms with Gasteiger partial charge in [-0.3, -0.25) is 4.90 Å². The Bertz CT molecular complexity index is 856. The second kappa shape index (κ2) is 6.98. The van der Waals surface area contributed by atoms with Gasteiger partial charge in [0.15, 0.2) is 5.11 Å². The molecule has 2 aromatic rings. The lowest BCUT2D eigenvalue weighted by molar-refractivity contribution is -0.136. The second-order valence-corrected chi connectivity index (χ2v) is 7.38. The van der Waals surface area contributed by atoms with Gasteiger partial charge in [-0.15, -0.1) is 11.3 Å². The van der Waals surface area contributed by atoms with Crippen molar-refractivity contribution in [2.45, 2.75) is 26.8 Å². The maximum Gasteiger partial charge on any atom is 0.338 e. The van der Waals surface area contributed by atoms with Crippen LogP contribution in [0.5, 0.6) is 0 Å². The van der Waals surface area contributed by atoms with E-state index in [1.54, 1.807) is 11.3 Å². The van der Waals surface area contributed by atoms with E-state index < -0.39 is 0 Å². The van der Waals surface area contributed by atoms with Gasteiger partial charge < -0.3 is 10.1 Å². The van der Waals surface area contributed by atoms with E-state index >= 15 is 0 Å². The maximum atomic E-state index is 12.5. The summed E-state index contributed by atoms with van der Waals surface area (Å²) in [7, 11) is 1.41. The molecule has 25 heavy (non-hydrogen) atoms. The van der Waals surface area contributed by atoms with E-state index in [-0.39, 0.29) is 12.0 Å². The molecule has 0 aliphatic carbocycles. The third-order valence-corrected chi connectivity index (χ3v) is 5.56. The minimum atomic E-state index is -0.346. The number of nitrogens with one attached hydrogen (secondary N) is 1. The van der Waals surface area contributed by atoms with Crippen molar-refractivity contribution in [2.24, 2.45) is 0 Å². The molecule has 1 atom stereocenters. The topological polar surface area (TPSA) is 41.6 Å². The Morgan fingerprint density at radius 3 is 2.68 bits per heavy atom. The van der Waals surface area contributed by atoms with Crippen molar-refractivity contribution in [3.63, 3.8) is 0 Å². The van der Waals surface area contributed by atoms with Gasteiger partial charge in [0, 0.05) is 10.6 Å². The number of esters is 1. The van der Waals surface area contributed by atoms with Crippen molar-refractivity contribution < 1.29 is 9.53 Å². The Labute approximate surface area is 157 Å². The predicted molar refractivity (Wildman–Crippen MR) is 106 cm³/mol. The molecule has 0 radical (unpaired) electrons. The molecule has 2 heterocycles. The van der Waals surface area contributed by atoms with E-state index in [9.17, 15) is 4.79 Å². The number of methoxy groups -OCH3 is 1. The maximum absolute atomic E-state index is 12.5. The summed E-state index contributed by atoms with van der Waals surface area (Å²) in [5.41, 5.74) is 4.58. The molecule has 4 nitrogen and oxygen atoms in total. The normalized spacial score (nSPS) is 17.5. The number of hydrogen-bond acceptors (Lipinski definition) is 4. The van der Waals surface area contributed by atoms with Crippen LogP contribution in [0.15, 0.2) is 47.0 Å². The fourth-order valence-corrected chi connectivity index (χ4v) is 4.17. The monoisotopic (exact) mass is 372 g/mol. The number of carbonyl (C=O) groups is 1. The van der Waals surface area contributed by atoms with Crippen LogP contribution in [0.4, 0.5) is 5.69 Å². The van der Waals surface area contributed by atoms with Gasteiger partial charge in [-0.25, -0.2) is 4.79 Å². The number of rotatable bonds is 3. The fourth-order valence-electron chi connectivity index (χ4n) is 3.04. The molecule has 1 aliphatic heterocycles. The van der Waals surface area contributed by atoms with Crippen molar-refractivity contribution in [1.82, 2.24) is 5.32 Å². The summed E-state index contributed by atoms with van der Waals surface area (Å²) >= 11 is 7.23. The van der Waals surface area contributed by atoms with Gasteiger partial charge in [0.2, 0.25) is 0 Å². The molecule has 0 bridgehead atoms. The van der Waals surface area contributed by atoms with Gasteiger partial charge in [0.1, 0.15) is 0 Å². The smallest absolute Gasteiger partial charge is 0.338 e. The number of benzene rings is 1. The van der Waals surface area contributed by atoms with E-state index in [4.69, 9.17) is 17.0 Å². The Kier molecular flexibility index (Phi) is 4.92. The average Bonchev–Trinajstić information content (AvgIpc) is 3.11. The van der Waals surface area contributed by atoms with Crippen LogP contribution in [0.1, 0.15) is 29.0 Å². The standard InChI is InChI=1S/C19H20N2O2S2/c1-11-7-8-12(2)14(10-11)21-13(3)16(18(22)23-4)17(20-19(21)24)15-6-5-9-25-15/h5-10,17H,1-4H3,(H,20,24)/t17-/m1/s1. The van der Waals surface area contributed by atoms with Crippen LogP contribution < -0.4 is 10.2 Å². The molecule has 3 rings (SSSR count). The third-order valence-electron chi connectivity index (χ3n) is 4.32. The Morgan fingerprint density at radius 1 is 1.28 bits per heavy atom. The summed E-state index contributed by atoms with van der Waals surface area (Å²) in [5.74, 6) is -0.346. The summed E-state index contributed by atoms with van der Waals surface area (Å²) in [4.78, 5) is 15.5. The lowest BCUT2D eigenvalue weighted by Crippen LogP contribution is -2.48. The average molecular weight is 373 g/mol. The van der Waals surface area contributed by atoms with Crippen LogP contribution in [0, 0.1) is 13.8 Å². The predicted octanol–water partition coefficient (Wildman–Crippen LogP) is 4.25. The highest BCUT2D eigenvalue weighted by molar-refractivity contribution is 7.80. The molecule has 0 unspecified atom stereocenters. The van der Waals surface area contributed by atoms with Gasteiger partial charge in [-0.1, -0.05) is 18.2 Å². The van der Waals surface area contributed by atoms with E-state index in [1.165, 1.54) is 7.11 Å². The molecular formula is C19H20N2O2S2. The van der Waals surface area contributed by atoms with Crippen molar-refractivity contribution >= 4 is 40.3 Å². The molecule has 1 N–H and O–H groups in total. The molecule has 1 aromatic heterocycles. The minimum Gasteiger partial charge on any atom is -0.466 e. The van der Waals surface area contributed by atoms with Crippen LogP contribution in [0.3, 0.4) is 0 Å². The van der Waals surface area contributed by atoms with Gasteiger partial charge in [-0.05, 0) is 61.6 Å². The number of nitrogens with zero attached hydrogens (tertiary/aromatic N) is 1. The third kappa shape index (κ3) is 3.19. The van der Waals surface area contributed by atoms with Crippen LogP contribution in [0.2, 0.25) is 0 Å². The number of aryl methyl sites for hydroxylation is 2. The number of ether oxygens (including phenoxy) is 1. The lowest BCUT2D eigenvalue weighted by atomic mass is 9.99. The molecular weight excluding hydrogens is 352 g/mol. The van der Waals surface area contributed by atoms with Crippen molar-refractivity contribution in [2.75, 3.05) is 12.0 Å². The first-order valence-electron chi connectivity index (χ1n) is 7.94. The van der Waals surface area contributed by atoms with E-state index in [0.29, 0.717) is 10.7 Å². The minimum absolute atomic E-state index is 0.290. The number of thiocarbonyl (C=S) groups is 1. The molecule has 0 amide bonds. The first-order chi connectivity index (χ1) is 11.9. The highest BCUT2D eigenvalue weighted by atomic mass is 32.1. The van der Waals surface area contributed by atoms with Crippen molar-refractivity contribution in [3.05, 3.63) is 63.0 Å². The fraction of sp³-hybridized carbons (Fsp3) is 0.263. The van der Waals surface area contributed by atoms with Crippen LogP contribution in [-0.2, 0) is 9.53 Å². The van der Waals surface area contributed by atoms with Crippen molar-refractivity contribution in [3.8, 4) is 0 Å². The summed E-state index contributed by atoms with van der Waals surface area (Å²) in [5, 5.41) is 5.89. The van der Waals surface area contributed by atoms with Crippen LogP contribution >= 0.6 is 23.6 Å². The quantitative estimate of drug-likeness (QED) is 0.644. The molecule has 0 spiro atoms. The van der Waals surface area contributed by atoms with Crippen molar-refractivity contribution in [1.29, 1.82) is 0 Å². The molecule has 0 fully saturated rings. The SMILES string of the molecule is COC(=O)C1=C(C)N(c2cc(C)ccc2C)C(=S)N[C@@H]1c1cccs1. The zero-order valence-electron chi connectivity index (χ0n) is 14.6. The largest absolute Gasteiger partial charge is 0.466 e. The number of carbonyl (C=O) groups excluding carboxylic acids is 1. The molecule has 1 aliphatic rings. The van der Waals surface area contributed by atoms with Gasteiger partial charge in [-0.2, -0.15) is 0 Å². The number of thiophene rings is 1. The zero-order chi connectivity index (χ0) is 18.1. The first-order valence-corrected chi connectivity index (χ1v) is 9.23. The number of anilines is 1. The first kappa shape index (κ1) is 17.6. The molecule has 130 valence electrons.